The highest BCUT2D eigenvalue weighted by molar-refractivity contribution is 5.45. The molecule has 0 fully saturated rings. The zero-order chi connectivity index (χ0) is 11.8. The molecule has 0 radical (unpaired) electrons. The summed E-state index contributed by atoms with van der Waals surface area (Å²) in [6.45, 7) is 3.12. The number of rotatable bonds is 6. The molecule has 0 aromatic carbocycles. The fourth-order valence-corrected chi connectivity index (χ4v) is 1.38. The van der Waals surface area contributed by atoms with E-state index in [9.17, 15) is 0 Å². The summed E-state index contributed by atoms with van der Waals surface area (Å²) in [5.41, 5.74) is 1.34. The summed E-state index contributed by atoms with van der Waals surface area (Å²) < 4.78 is 0. The number of anilines is 1. The second-order valence-corrected chi connectivity index (χ2v) is 3.90. The van der Waals surface area contributed by atoms with Gasteiger partial charge in [0.05, 0.1) is 0 Å². The number of aliphatic hydroxyl groups is 1. The van der Waals surface area contributed by atoms with Crippen LogP contribution in [0.4, 0.5) is 5.69 Å². The number of nitrogens with one attached hydrogen (secondary N) is 1. The van der Waals surface area contributed by atoms with Gasteiger partial charge in [0.25, 0.3) is 0 Å². The molecule has 16 heavy (non-hydrogen) atoms. The van der Waals surface area contributed by atoms with Crippen molar-refractivity contribution in [2.45, 2.75) is 19.8 Å². The first-order valence-electron chi connectivity index (χ1n) is 5.47. The lowest BCUT2D eigenvalue weighted by Crippen LogP contribution is -2.06. The highest BCUT2D eigenvalue weighted by Gasteiger charge is 1.99. The quantitative estimate of drug-likeness (QED) is 0.715. The van der Waals surface area contributed by atoms with Gasteiger partial charge >= 0.3 is 0 Å². The lowest BCUT2D eigenvalue weighted by atomic mass is 10.1. The van der Waals surface area contributed by atoms with Crippen molar-refractivity contribution in [2.75, 3.05) is 18.5 Å². The van der Waals surface area contributed by atoms with Crippen molar-refractivity contribution in [1.82, 2.24) is 4.98 Å². The highest BCUT2D eigenvalue weighted by atomic mass is 16.3. The van der Waals surface area contributed by atoms with E-state index in [0.717, 1.165) is 25.1 Å². The second kappa shape index (κ2) is 6.81. The van der Waals surface area contributed by atoms with E-state index in [1.165, 1.54) is 0 Å². The Bertz CT molecular complexity index is 360. The van der Waals surface area contributed by atoms with E-state index < -0.39 is 0 Å². The molecular formula is C12H17N3O. The van der Waals surface area contributed by atoms with Crippen molar-refractivity contribution in [3.05, 3.63) is 24.0 Å². The molecule has 4 heteroatoms. The third-order valence-corrected chi connectivity index (χ3v) is 2.39. The van der Waals surface area contributed by atoms with Crippen LogP contribution in [0.3, 0.4) is 0 Å². The Morgan fingerprint density at radius 1 is 1.62 bits per heavy atom. The molecule has 1 unspecified atom stereocenters. The molecule has 1 rings (SSSR count). The molecule has 1 aromatic heterocycles. The molecule has 4 nitrogen and oxygen atoms in total. The third-order valence-electron chi connectivity index (χ3n) is 2.39. The summed E-state index contributed by atoms with van der Waals surface area (Å²) in [6, 6.07) is 5.58. The first-order valence-corrected chi connectivity index (χ1v) is 5.47. The zero-order valence-electron chi connectivity index (χ0n) is 9.48. The van der Waals surface area contributed by atoms with E-state index in [0.29, 0.717) is 11.6 Å². The van der Waals surface area contributed by atoms with Gasteiger partial charge in [-0.25, -0.2) is 4.98 Å². The minimum atomic E-state index is 0.244. The number of nitrogens with zero attached hydrogens (tertiary/aromatic N) is 2. The Morgan fingerprint density at radius 3 is 3.12 bits per heavy atom. The number of pyridine rings is 1. The maximum Gasteiger partial charge on any atom is 0.142 e. The fourth-order valence-electron chi connectivity index (χ4n) is 1.38. The highest BCUT2D eigenvalue weighted by Crippen LogP contribution is 2.09. The van der Waals surface area contributed by atoms with Gasteiger partial charge in [-0.2, -0.15) is 5.26 Å². The average Bonchev–Trinajstić information content (AvgIpc) is 2.34. The van der Waals surface area contributed by atoms with Gasteiger partial charge in [-0.3, -0.25) is 0 Å². The predicted molar refractivity (Wildman–Crippen MR) is 62.9 cm³/mol. The lowest BCUT2D eigenvalue weighted by molar-refractivity contribution is 0.229. The summed E-state index contributed by atoms with van der Waals surface area (Å²) in [6.07, 6.45) is 3.63. The van der Waals surface area contributed by atoms with Gasteiger partial charge in [0, 0.05) is 25.0 Å². The summed E-state index contributed by atoms with van der Waals surface area (Å²) >= 11 is 0. The van der Waals surface area contributed by atoms with Gasteiger partial charge < -0.3 is 10.4 Å². The van der Waals surface area contributed by atoms with Gasteiger partial charge in [-0.1, -0.05) is 6.92 Å². The average molecular weight is 219 g/mol. The topological polar surface area (TPSA) is 68.9 Å². The summed E-state index contributed by atoms with van der Waals surface area (Å²) in [5.74, 6) is 0.355. The van der Waals surface area contributed by atoms with Gasteiger partial charge in [0.1, 0.15) is 11.8 Å². The summed E-state index contributed by atoms with van der Waals surface area (Å²) in [5, 5.41) is 20.8. The van der Waals surface area contributed by atoms with E-state index in [1.807, 2.05) is 19.1 Å². The molecule has 0 aliphatic heterocycles. The molecule has 1 heterocycles. The maximum atomic E-state index is 8.85. The molecule has 1 atom stereocenters. The number of aliphatic hydroxyl groups excluding tert-OH is 1. The van der Waals surface area contributed by atoms with Gasteiger partial charge in [-0.15, -0.1) is 0 Å². The van der Waals surface area contributed by atoms with Crippen molar-refractivity contribution in [3.63, 3.8) is 0 Å². The van der Waals surface area contributed by atoms with E-state index in [4.69, 9.17) is 10.4 Å². The van der Waals surface area contributed by atoms with Crippen molar-refractivity contribution in [2.24, 2.45) is 5.92 Å². The molecule has 0 saturated heterocycles. The molecule has 0 saturated carbocycles. The van der Waals surface area contributed by atoms with Crippen LogP contribution in [0.2, 0.25) is 0 Å². The molecule has 0 bridgehead atoms. The minimum absolute atomic E-state index is 0.244. The Labute approximate surface area is 95.9 Å². The first kappa shape index (κ1) is 12.5. The lowest BCUT2D eigenvalue weighted by Gasteiger charge is -2.09. The molecule has 86 valence electrons. The maximum absolute atomic E-state index is 8.85. The minimum Gasteiger partial charge on any atom is -0.396 e. The molecule has 2 N–H and O–H groups in total. The molecule has 1 aromatic rings. The van der Waals surface area contributed by atoms with Crippen molar-refractivity contribution >= 4 is 5.69 Å². The van der Waals surface area contributed by atoms with E-state index in [2.05, 4.69) is 10.3 Å². The Balaban J connectivity index is 2.29. The largest absolute Gasteiger partial charge is 0.396 e. The predicted octanol–water partition coefficient (Wildman–Crippen LogP) is 1.77. The number of aromatic nitrogens is 1. The summed E-state index contributed by atoms with van der Waals surface area (Å²) in [7, 11) is 0. The Kier molecular flexibility index (Phi) is 5.30. The molecule has 0 aliphatic carbocycles. The van der Waals surface area contributed by atoms with Crippen molar-refractivity contribution in [3.8, 4) is 6.07 Å². The van der Waals surface area contributed by atoms with Crippen LogP contribution in [0, 0.1) is 17.2 Å². The molecule has 0 aliphatic rings. The van der Waals surface area contributed by atoms with Gasteiger partial charge in [0.15, 0.2) is 0 Å². The van der Waals surface area contributed by atoms with Crippen LogP contribution >= 0.6 is 0 Å². The molecular weight excluding hydrogens is 202 g/mol. The Hall–Kier alpha value is -1.60. The van der Waals surface area contributed by atoms with Crippen molar-refractivity contribution < 1.29 is 5.11 Å². The number of hydrogen-bond donors (Lipinski definition) is 2. The molecule has 0 spiro atoms. The van der Waals surface area contributed by atoms with Crippen LogP contribution in [0.1, 0.15) is 25.5 Å². The Morgan fingerprint density at radius 2 is 2.44 bits per heavy atom. The van der Waals surface area contributed by atoms with Gasteiger partial charge in [0.2, 0.25) is 0 Å². The van der Waals surface area contributed by atoms with Crippen LogP contribution in [-0.2, 0) is 0 Å². The van der Waals surface area contributed by atoms with Crippen LogP contribution < -0.4 is 5.32 Å². The monoisotopic (exact) mass is 219 g/mol. The van der Waals surface area contributed by atoms with Gasteiger partial charge in [-0.05, 0) is 30.9 Å². The standard InChI is InChI=1S/C12H17N3O/c1-10(9-16)3-2-5-14-11-4-6-15-12(7-11)8-13/h4,6-7,10,16H,2-3,5,9H2,1H3,(H,14,15). The summed E-state index contributed by atoms with van der Waals surface area (Å²) in [4.78, 5) is 3.89. The second-order valence-electron chi connectivity index (χ2n) is 3.90. The fraction of sp³-hybridized carbons (Fsp3) is 0.500. The van der Waals surface area contributed by atoms with Crippen LogP contribution in [0.5, 0.6) is 0 Å². The van der Waals surface area contributed by atoms with Crippen molar-refractivity contribution in [1.29, 1.82) is 5.26 Å². The third kappa shape index (κ3) is 4.28. The SMILES string of the molecule is CC(CO)CCCNc1ccnc(C#N)c1. The van der Waals surface area contributed by atoms with Crippen LogP contribution in [0.25, 0.3) is 0 Å². The molecule has 0 amide bonds. The van der Waals surface area contributed by atoms with E-state index in [1.54, 1.807) is 12.3 Å². The van der Waals surface area contributed by atoms with E-state index >= 15 is 0 Å². The normalized spacial score (nSPS) is 11.8. The smallest absolute Gasteiger partial charge is 0.142 e. The number of hydrogen-bond acceptors (Lipinski definition) is 4. The first-order chi connectivity index (χ1) is 7.76. The van der Waals surface area contributed by atoms with Crippen LogP contribution in [-0.4, -0.2) is 23.2 Å². The van der Waals surface area contributed by atoms with Crippen LogP contribution in [0.15, 0.2) is 18.3 Å². The van der Waals surface area contributed by atoms with E-state index in [-0.39, 0.29) is 6.61 Å². The number of nitriles is 1. The zero-order valence-corrected chi connectivity index (χ0v) is 9.48.